The molecular formula is C15H16FNO. The normalized spacial score (nSPS) is 10.4. The lowest BCUT2D eigenvalue weighted by atomic mass is 10.2. The third-order valence-electron chi connectivity index (χ3n) is 2.35. The van der Waals surface area contributed by atoms with E-state index in [2.05, 4.69) is 5.32 Å². The standard InChI is InChI=1S/C15H16FNO/c1-11(2)18-15-9-4-3-8-14(15)17-13-7-5-6-12(16)10-13/h3-11,17H,1-2H3. The Morgan fingerprint density at radius 1 is 1.06 bits per heavy atom. The van der Waals surface area contributed by atoms with Gasteiger partial charge in [-0.25, -0.2) is 4.39 Å². The van der Waals surface area contributed by atoms with Gasteiger partial charge in [0.05, 0.1) is 11.8 Å². The molecule has 0 fully saturated rings. The van der Waals surface area contributed by atoms with Gasteiger partial charge in [-0.05, 0) is 44.2 Å². The average Bonchev–Trinajstić information content (AvgIpc) is 2.31. The van der Waals surface area contributed by atoms with E-state index in [9.17, 15) is 4.39 Å². The maximum Gasteiger partial charge on any atom is 0.143 e. The highest BCUT2D eigenvalue weighted by molar-refractivity contribution is 5.66. The van der Waals surface area contributed by atoms with Crippen molar-refractivity contribution in [1.82, 2.24) is 0 Å². The Morgan fingerprint density at radius 2 is 1.83 bits per heavy atom. The smallest absolute Gasteiger partial charge is 0.143 e. The van der Waals surface area contributed by atoms with Crippen molar-refractivity contribution in [2.24, 2.45) is 0 Å². The Hall–Kier alpha value is -2.03. The van der Waals surface area contributed by atoms with Crippen LogP contribution >= 0.6 is 0 Å². The van der Waals surface area contributed by atoms with E-state index in [0.717, 1.165) is 11.4 Å². The molecule has 94 valence electrons. The molecule has 3 heteroatoms. The molecule has 0 amide bonds. The molecule has 0 saturated heterocycles. The zero-order valence-electron chi connectivity index (χ0n) is 10.5. The Kier molecular flexibility index (Phi) is 3.82. The fourth-order valence-electron chi connectivity index (χ4n) is 1.65. The SMILES string of the molecule is CC(C)Oc1ccccc1Nc1cccc(F)c1. The highest BCUT2D eigenvalue weighted by Crippen LogP contribution is 2.28. The Labute approximate surface area is 106 Å². The summed E-state index contributed by atoms with van der Waals surface area (Å²) in [6.07, 6.45) is 0.0976. The van der Waals surface area contributed by atoms with Crippen LogP contribution < -0.4 is 10.1 Å². The number of anilines is 2. The predicted molar refractivity (Wildman–Crippen MR) is 71.9 cm³/mol. The third-order valence-corrected chi connectivity index (χ3v) is 2.35. The van der Waals surface area contributed by atoms with Crippen molar-refractivity contribution in [3.8, 4) is 5.75 Å². The Balaban J connectivity index is 2.23. The molecule has 0 bridgehead atoms. The molecule has 0 atom stereocenters. The van der Waals surface area contributed by atoms with Crippen LogP contribution in [0, 0.1) is 5.82 Å². The molecule has 2 rings (SSSR count). The molecule has 0 saturated carbocycles. The summed E-state index contributed by atoms with van der Waals surface area (Å²) in [4.78, 5) is 0. The van der Waals surface area contributed by atoms with E-state index in [4.69, 9.17) is 4.74 Å². The monoisotopic (exact) mass is 245 g/mol. The van der Waals surface area contributed by atoms with Crippen molar-refractivity contribution in [3.63, 3.8) is 0 Å². The van der Waals surface area contributed by atoms with Crippen LogP contribution in [0.3, 0.4) is 0 Å². The van der Waals surface area contributed by atoms with Gasteiger partial charge in [0.25, 0.3) is 0 Å². The van der Waals surface area contributed by atoms with Gasteiger partial charge in [-0.15, -0.1) is 0 Å². The summed E-state index contributed by atoms with van der Waals surface area (Å²) < 4.78 is 18.8. The lowest BCUT2D eigenvalue weighted by Gasteiger charge is -2.15. The Bertz CT molecular complexity index is 525. The molecule has 0 aromatic heterocycles. The summed E-state index contributed by atoms with van der Waals surface area (Å²) in [5.74, 6) is 0.499. The molecule has 1 N–H and O–H groups in total. The molecule has 0 heterocycles. The van der Waals surface area contributed by atoms with Gasteiger partial charge in [0.1, 0.15) is 11.6 Å². The molecule has 0 spiro atoms. The van der Waals surface area contributed by atoms with E-state index in [-0.39, 0.29) is 11.9 Å². The van der Waals surface area contributed by atoms with E-state index >= 15 is 0 Å². The van der Waals surface area contributed by atoms with Gasteiger partial charge >= 0.3 is 0 Å². The first-order valence-corrected chi connectivity index (χ1v) is 5.93. The number of hydrogen-bond acceptors (Lipinski definition) is 2. The molecule has 0 aliphatic carbocycles. The van der Waals surface area contributed by atoms with E-state index in [1.807, 2.05) is 44.2 Å². The van der Waals surface area contributed by atoms with Crippen LogP contribution in [-0.4, -0.2) is 6.10 Å². The van der Waals surface area contributed by atoms with E-state index < -0.39 is 0 Å². The molecule has 2 aromatic rings. The fourth-order valence-corrected chi connectivity index (χ4v) is 1.65. The summed E-state index contributed by atoms with van der Waals surface area (Å²) >= 11 is 0. The van der Waals surface area contributed by atoms with Crippen molar-refractivity contribution in [2.75, 3.05) is 5.32 Å². The molecule has 0 aliphatic heterocycles. The summed E-state index contributed by atoms with van der Waals surface area (Å²) in [6.45, 7) is 3.94. The largest absolute Gasteiger partial charge is 0.489 e. The van der Waals surface area contributed by atoms with Crippen LogP contribution in [0.5, 0.6) is 5.75 Å². The van der Waals surface area contributed by atoms with Gasteiger partial charge in [0.15, 0.2) is 0 Å². The number of hydrogen-bond donors (Lipinski definition) is 1. The second-order valence-corrected chi connectivity index (χ2v) is 4.30. The van der Waals surface area contributed by atoms with Gasteiger partial charge in [0, 0.05) is 5.69 Å². The number of benzene rings is 2. The lowest BCUT2D eigenvalue weighted by Crippen LogP contribution is -2.07. The van der Waals surface area contributed by atoms with E-state index in [1.165, 1.54) is 12.1 Å². The van der Waals surface area contributed by atoms with Crippen LogP contribution in [0.2, 0.25) is 0 Å². The van der Waals surface area contributed by atoms with Crippen molar-refractivity contribution >= 4 is 11.4 Å². The highest BCUT2D eigenvalue weighted by atomic mass is 19.1. The average molecular weight is 245 g/mol. The molecule has 0 radical (unpaired) electrons. The van der Waals surface area contributed by atoms with Crippen LogP contribution in [0.4, 0.5) is 15.8 Å². The first-order chi connectivity index (χ1) is 8.65. The van der Waals surface area contributed by atoms with Crippen LogP contribution in [0.15, 0.2) is 48.5 Å². The molecular weight excluding hydrogens is 229 g/mol. The van der Waals surface area contributed by atoms with Gasteiger partial charge in [-0.3, -0.25) is 0 Å². The molecule has 18 heavy (non-hydrogen) atoms. The second-order valence-electron chi connectivity index (χ2n) is 4.30. The Morgan fingerprint density at radius 3 is 2.56 bits per heavy atom. The van der Waals surface area contributed by atoms with Crippen molar-refractivity contribution < 1.29 is 9.13 Å². The topological polar surface area (TPSA) is 21.3 Å². The van der Waals surface area contributed by atoms with Crippen molar-refractivity contribution in [3.05, 3.63) is 54.3 Å². The molecule has 2 nitrogen and oxygen atoms in total. The van der Waals surface area contributed by atoms with Crippen molar-refractivity contribution in [1.29, 1.82) is 0 Å². The number of halogens is 1. The summed E-state index contributed by atoms with van der Waals surface area (Å²) in [7, 11) is 0. The first kappa shape index (κ1) is 12.4. The maximum absolute atomic E-state index is 13.1. The van der Waals surface area contributed by atoms with E-state index in [0.29, 0.717) is 5.69 Å². The van der Waals surface area contributed by atoms with Crippen LogP contribution in [0.1, 0.15) is 13.8 Å². The minimum Gasteiger partial charge on any atom is -0.489 e. The maximum atomic E-state index is 13.1. The quantitative estimate of drug-likeness (QED) is 0.864. The molecule has 0 aliphatic rings. The number of para-hydroxylation sites is 2. The van der Waals surface area contributed by atoms with Crippen molar-refractivity contribution in [2.45, 2.75) is 20.0 Å². The summed E-state index contributed by atoms with van der Waals surface area (Å²) in [5, 5.41) is 3.15. The summed E-state index contributed by atoms with van der Waals surface area (Å²) in [5.41, 5.74) is 1.53. The minimum atomic E-state index is -0.262. The predicted octanol–water partition coefficient (Wildman–Crippen LogP) is 4.36. The van der Waals surface area contributed by atoms with Gasteiger partial charge in [-0.1, -0.05) is 18.2 Å². The lowest BCUT2D eigenvalue weighted by molar-refractivity contribution is 0.244. The fraction of sp³-hybridized carbons (Fsp3) is 0.200. The number of ether oxygens (including phenoxy) is 1. The zero-order valence-corrected chi connectivity index (χ0v) is 10.5. The minimum absolute atomic E-state index is 0.0976. The highest BCUT2D eigenvalue weighted by Gasteiger charge is 2.05. The summed E-state index contributed by atoms with van der Waals surface area (Å²) in [6, 6.07) is 14.0. The molecule has 2 aromatic carbocycles. The van der Waals surface area contributed by atoms with Gasteiger partial charge in [-0.2, -0.15) is 0 Å². The third kappa shape index (κ3) is 3.23. The van der Waals surface area contributed by atoms with Gasteiger partial charge in [0.2, 0.25) is 0 Å². The zero-order chi connectivity index (χ0) is 13.0. The van der Waals surface area contributed by atoms with Gasteiger partial charge < -0.3 is 10.1 Å². The first-order valence-electron chi connectivity index (χ1n) is 5.93. The second kappa shape index (κ2) is 5.54. The van der Waals surface area contributed by atoms with Crippen LogP contribution in [-0.2, 0) is 0 Å². The molecule has 0 unspecified atom stereocenters. The van der Waals surface area contributed by atoms with E-state index in [1.54, 1.807) is 6.07 Å². The number of nitrogens with one attached hydrogen (secondary N) is 1. The number of rotatable bonds is 4. The van der Waals surface area contributed by atoms with Crippen LogP contribution in [0.25, 0.3) is 0 Å².